The molecule has 2 N–H and O–H groups in total. The van der Waals surface area contributed by atoms with Gasteiger partial charge in [-0.25, -0.2) is 0 Å². The minimum absolute atomic E-state index is 0.418. The van der Waals surface area contributed by atoms with E-state index in [0.717, 1.165) is 37.3 Å². The van der Waals surface area contributed by atoms with Crippen LogP contribution < -0.4 is 10.6 Å². The van der Waals surface area contributed by atoms with E-state index in [2.05, 4.69) is 27.4 Å². The molecule has 0 saturated carbocycles. The van der Waals surface area contributed by atoms with Gasteiger partial charge in [-0.3, -0.25) is 4.99 Å². The molecule has 0 aromatic heterocycles. The minimum atomic E-state index is -4.30. The summed E-state index contributed by atoms with van der Waals surface area (Å²) in [4.78, 5) is 6.24. The van der Waals surface area contributed by atoms with Gasteiger partial charge in [0.1, 0.15) is 0 Å². The molecule has 7 heteroatoms. The SMILES string of the molecule is CCN(C)CCNC(=NC)NCc1ccc(C(F)(F)F)cc1. The van der Waals surface area contributed by atoms with Crippen LogP contribution in [0.4, 0.5) is 13.2 Å². The second-order valence-electron chi connectivity index (χ2n) is 4.94. The lowest BCUT2D eigenvalue weighted by Gasteiger charge is -2.16. The molecule has 4 nitrogen and oxygen atoms in total. The maximum absolute atomic E-state index is 12.5. The molecule has 22 heavy (non-hydrogen) atoms. The summed E-state index contributed by atoms with van der Waals surface area (Å²) in [7, 11) is 3.69. The summed E-state index contributed by atoms with van der Waals surface area (Å²) in [5.74, 6) is 0.629. The Morgan fingerprint density at radius 1 is 1.18 bits per heavy atom. The van der Waals surface area contributed by atoms with Gasteiger partial charge in [0, 0.05) is 26.7 Å². The van der Waals surface area contributed by atoms with Crippen molar-refractivity contribution < 1.29 is 13.2 Å². The van der Waals surface area contributed by atoms with Crippen molar-refractivity contribution in [2.45, 2.75) is 19.6 Å². The standard InChI is InChI=1S/C15H23F3N4/c1-4-22(3)10-9-20-14(19-2)21-11-12-5-7-13(8-6-12)15(16,17)18/h5-8H,4,9-11H2,1-3H3,(H2,19,20,21). The molecular weight excluding hydrogens is 293 g/mol. The molecule has 0 spiro atoms. The molecule has 0 bridgehead atoms. The number of alkyl halides is 3. The van der Waals surface area contributed by atoms with Gasteiger partial charge in [-0.05, 0) is 31.3 Å². The van der Waals surface area contributed by atoms with Crippen molar-refractivity contribution in [3.63, 3.8) is 0 Å². The fourth-order valence-corrected chi connectivity index (χ4v) is 1.74. The number of likely N-dealkylation sites (N-methyl/N-ethyl adjacent to an activating group) is 1. The summed E-state index contributed by atoms with van der Waals surface area (Å²) in [5, 5.41) is 6.23. The van der Waals surface area contributed by atoms with Gasteiger partial charge in [-0.1, -0.05) is 19.1 Å². The highest BCUT2D eigenvalue weighted by Crippen LogP contribution is 2.28. The van der Waals surface area contributed by atoms with E-state index in [9.17, 15) is 13.2 Å². The Labute approximate surface area is 129 Å². The second-order valence-corrected chi connectivity index (χ2v) is 4.94. The average molecular weight is 316 g/mol. The van der Waals surface area contributed by atoms with E-state index in [1.165, 1.54) is 12.1 Å². The number of rotatable bonds is 6. The van der Waals surface area contributed by atoms with Gasteiger partial charge < -0.3 is 15.5 Å². The number of nitrogens with one attached hydrogen (secondary N) is 2. The van der Waals surface area contributed by atoms with Crippen LogP contribution in [0.1, 0.15) is 18.1 Å². The van der Waals surface area contributed by atoms with Crippen molar-refractivity contribution in [3.05, 3.63) is 35.4 Å². The third-order valence-electron chi connectivity index (χ3n) is 3.29. The molecule has 0 saturated heterocycles. The lowest BCUT2D eigenvalue weighted by atomic mass is 10.1. The van der Waals surface area contributed by atoms with Gasteiger partial charge in [0.15, 0.2) is 5.96 Å². The third-order valence-corrected chi connectivity index (χ3v) is 3.29. The number of guanidine groups is 1. The van der Waals surface area contributed by atoms with Crippen LogP contribution in [0.2, 0.25) is 0 Å². The molecule has 0 unspecified atom stereocenters. The van der Waals surface area contributed by atoms with E-state index in [1.807, 2.05) is 7.05 Å². The van der Waals surface area contributed by atoms with Gasteiger partial charge in [-0.2, -0.15) is 13.2 Å². The van der Waals surface area contributed by atoms with Crippen molar-refractivity contribution in [1.82, 2.24) is 15.5 Å². The lowest BCUT2D eigenvalue weighted by molar-refractivity contribution is -0.137. The summed E-state index contributed by atoms with van der Waals surface area (Å²) in [6.45, 7) is 5.10. The smallest absolute Gasteiger partial charge is 0.355 e. The zero-order valence-corrected chi connectivity index (χ0v) is 13.2. The number of hydrogen-bond donors (Lipinski definition) is 2. The molecule has 0 aliphatic rings. The van der Waals surface area contributed by atoms with E-state index in [4.69, 9.17) is 0 Å². The first kappa shape index (κ1) is 18.3. The molecule has 0 aliphatic carbocycles. The fourth-order valence-electron chi connectivity index (χ4n) is 1.74. The van der Waals surface area contributed by atoms with Crippen molar-refractivity contribution in [2.24, 2.45) is 4.99 Å². The van der Waals surface area contributed by atoms with E-state index in [-0.39, 0.29) is 0 Å². The molecule has 0 fully saturated rings. The normalized spacial score (nSPS) is 12.6. The first-order valence-corrected chi connectivity index (χ1v) is 7.16. The largest absolute Gasteiger partial charge is 0.416 e. The number of benzene rings is 1. The van der Waals surface area contributed by atoms with E-state index in [0.29, 0.717) is 12.5 Å². The predicted molar refractivity (Wildman–Crippen MR) is 82.8 cm³/mol. The minimum Gasteiger partial charge on any atom is -0.355 e. The Hall–Kier alpha value is -1.76. The Morgan fingerprint density at radius 2 is 1.82 bits per heavy atom. The Balaban J connectivity index is 2.43. The summed E-state index contributed by atoms with van der Waals surface area (Å²) in [6.07, 6.45) is -4.30. The molecule has 1 aromatic carbocycles. The monoisotopic (exact) mass is 316 g/mol. The highest BCUT2D eigenvalue weighted by molar-refractivity contribution is 5.79. The Morgan fingerprint density at radius 3 is 2.32 bits per heavy atom. The van der Waals surface area contributed by atoms with Crippen LogP contribution in [0.15, 0.2) is 29.3 Å². The summed E-state index contributed by atoms with van der Waals surface area (Å²) < 4.78 is 37.4. The predicted octanol–water partition coefficient (Wildman–Crippen LogP) is 2.32. The van der Waals surface area contributed by atoms with Crippen LogP contribution in [0, 0.1) is 0 Å². The molecule has 1 aromatic rings. The molecule has 0 heterocycles. The van der Waals surface area contributed by atoms with Crippen LogP contribution in [-0.2, 0) is 12.7 Å². The van der Waals surface area contributed by atoms with E-state index < -0.39 is 11.7 Å². The second kappa shape index (κ2) is 8.63. The number of halogens is 3. The molecule has 124 valence electrons. The first-order valence-electron chi connectivity index (χ1n) is 7.16. The highest BCUT2D eigenvalue weighted by atomic mass is 19.4. The number of nitrogens with zero attached hydrogens (tertiary/aromatic N) is 2. The maximum Gasteiger partial charge on any atom is 0.416 e. The van der Waals surface area contributed by atoms with E-state index in [1.54, 1.807) is 7.05 Å². The lowest BCUT2D eigenvalue weighted by Crippen LogP contribution is -2.40. The maximum atomic E-state index is 12.5. The van der Waals surface area contributed by atoms with Crippen molar-refractivity contribution in [1.29, 1.82) is 0 Å². The molecule has 1 rings (SSSR count). The van der Waals surface area contributed by atoms with Crippen LogP contribution in [0.5, 0.6) is 0 Å². The number of aliphatic imine (C=N–C) groups is 1. The van der Waals surface area contributed by atoms with Crippen molar-refractivity contribution in [3.8, 4) is 0 Å². The van der Waals surface area contributed by atoms with Gasteiger partial charge in [0.25, 0.3) is 0 Å². The van der Waals surface area contributed by atoms with Gasteiger partial charge in [-0.15, -0.1) is 0 Å². The average Bonchev–Trinajstić information content (AvgIpc) is 2.49. The Bertz CT molecular complexity index is 469. The Kier molecular flexibility index (Phi) is 7.17. The van der Waals surface area contributed by atoms with Crippen molar-refractivity contribution in [2.75, 3.05) is 33.7 Å². The topological polar surface area (TPSA) is 39.7 Å². The van der Waals surface area contributed by atoms with Crippen LogP contribution >= 0.6 is 0 Å². The van der Waals surface area contributed by atoms with E-state index >= 15 is 0 Å². The van der Waals surface area contributed by atoms with Crippen LogP contribution in [0.25, 0.3) is 0 Å². The molecule has 0 radical (unpaired) electrons. The van der Waals surface area contributed by atoms with Crippen LogP contribution in [0.3, 0.4) is 0 Å². The molecule has 0 atom stereocenters. The number of hydrogen-bond acceptors (Lipinski definition) is 2. The zero-order valence-electron chi connectivity index (χ0n) is 13.2. The quantitative estimate of drug-likeness (QED) is 0.625. The van der Waals surface area contributed by atoms with Gasteiger partial charge in [0.05, 0.1) is 5.56 Å². The summed E-state index contributed by atoms with van der Waals surface area (Å²) in [6, 6.07) is 5.11. The third kappa shape index (κ3) is 6.34. The molecular formula is C15H23F3N4. The zero-order chi connectivity index (χ0) is 16.6. The molecule has 0 aliphatic heterocycles. The first-order chi connectivity index (χ1) is 10.4. The molecule has 0 amide bonds. The van der Waals surface area contributed by atoms with Crippen molar-refractivity contribution >= 4 is 5.96 Å². The summed E-state index contributed by atoms with van der Waals surface area (Å²) in [5.41, 5.74) is 0.128. The highest BCUT2D eigenvalue weighted by Gasteiger charge is 2.29. The van der Waals surface area contributed by atoms with Gasteiger partial charge >= 0.3 is 6.18 Å². The van der Waals surface area contributed by atoms with Crippen LogP contribution in [-0.4, -0.2) is 44.6 Å². The fraction of sp³-hybridized carbons (Fsp3) is 0.533. The summed E-state index contributed by atoms with van der Waals surface area (Å²) >= 11 is 0. The van der Waals surface area contributed by atoms with Gasteiger partial charge in [0.2, 0.25) is 0 Å².